The van der Waals surface area contributed by atoms with E-state index in [1.54, 1.807) is 13.0 Å². The third kappa shape index (κ3) is 3.65. The second-order valence-corrected chi connectivity index (χ2v) is 3.44. The van der Waals surface area contributed by atoms with Gasteiger partial charge in [-0.3, -0.25) is 4.79 Å². The molecular weight excluding hydrogens is 236 g/mol. The summed E-state index contributed by atoms with van der Waals surface area (Å²) in [5.74, 6) is -0.575. The number of carbonyl (C=O) groups excluding carboxylic acids is 2. The van der Waals surface area contributed by atoms with Crippen molar-refractivity contribution in [3.05, 3.63) is 23.8 Å². The van der Waals surface area contributed by atoms with E-state index in [-0.39, 0.29) is 30.4 Å². The molecule has 98 valence electrons. The van der Waals surface area contributed by atoms with E-state index in [0.717, 1.165) is 0 Å². The van der Waals surface area contributed by atoms with Crippen molar-refractivity contribution in [3.63, 3.8) is 0 Å². The van der Waals surface area contributed by atoms with E-state index in [1.807, 2.05) is 0 Å². The topological polar surface area (TPSA) is 90.7 Å². The minimum absolute atomic E-state index is 0.188. The van der Waals surface area contributed by atoms with Gasteiger partial charge >= 0.3 is 5.97 Å². The van der Waals surface area contributed by atoms with Gasteiger partial charge in [0.2, 0.25) is 0 Å². The number of rotatable bonds is 5. The van der Waals surface area contributed by atoms with Crippen molar-refractivity contribution in [2.75, 3.05) is 26.0 Å². The molecule has 0 heterocycles. The summed E-state index contributed by atoms with van der Waals surface area (Å²) >= 11 is 0. The number of nitrogens with two attached hydrogens (primary N) is 1. The van der Waals surface area contributed by atoms with E-state index >= 15 is 0 Å². The predicted molar refractivity (Wildman–Crippen MR) is 66.4 cm³/mol. The Bertz CT molecular complexity index is 446. The zero-order valence-electron chi connectivity index (χ0n) is 10.4. The molecule has 6 nitrogen and oxygen atoms in total. The number of anilines is 1. The molecule has 0 fully saturated rings. The van der Waals surface area contributed by atoms with Crippen molar-refractivity contribution in [1.29, 1.82) is 0 Å². The van der Waals surface area contributed by atoms with Crippen LogP contribution in [0.2, 0.25) is 0 Å². The molecule has 1 rings (SSSR count). The lowest BCUT2D eigenvalue weighted by molar-refractivity contribution is -0.122. The number of carbonyl (C=O) groups is 2. The summed E-state index contributed by atoms with van der Waals surface area (Å²) in [6, 6.07) is 4.56. The third-order valence-electron chi connectivity index (χ3n) is 2.14. The van der Waals surface area contributed by atoms with Crippen LogP contribution in [0.4, 0.5) is 5.69 Å². The Hall–Kier alpha value is -2.24. The second-order valence-electron chi connectivity index (χ2n) is 3.44. The van der Waals surface area contributed by atoms with Gasteiger partial charge in [-0.15, -0.1) is 0 Å². The first-order valence-corrected chi connectivity index (χ1v) is 5.48. The Morgan fingerprint density at radius 3 is 2.72 bits per heavy atom. The molecule has 18 heavy (non-hydrogen) atoms. The average molecular weight is 252 g/mol. The van der Waals surface area contributed by atoms with Gasteiger partial charge in [0.25, 0.3) is 5.91 Å². The van der Waals surface area contributed by atoms with Gasteiger partial charge in [-0.05, 0) is 19.1 Å². The highest BCUT2D eigenvalue weighted by Gasteiger charge is 2.14. The zero-order chi connectivity index (χ0) is 13.5. The zero-order valence-corrected chi connectivity index (χ0v) is 10.4. The molecule has 0 saturated carbocycles. The lowest BCUT2D eigenvalue weighted by Gasteiger charge is -2.10. The van der Waals surface area contributed by atoms with Gasteiger partial charge in [0.1, 0.15) is 11.3 Å². The number of ether oxygens (including phenoxy) is 2. The smallest absolute Gasteiger partial charge is 0.341 e. The summed E-state index contributed by atoms with van der Waals surface area (Å²) in [6.45, 7) is 1.78. The maximum Gasteiger partial charge on any atom is 0.341 e. The van der Waals surface area contributed by atoms with Gasteiger partial charge in [0, 0.05) is 18.8 Å². The quantitative estimate of drug-likeness (QED) is 0.590. The van der Waals surface area contributed by atoms with Gasteiger partial charge in [-0.2, -0.15) is 0 Å². The predicted octanol–water partition coefficient (Wildman–Crippen LogP) is 0.570. The molecule has 0 radical (unpaired) electrons. The average Bonchev–Trinajstić information content (AvgIpc) is 2.36. The van der Waals surface area contributed by atoms with Crippen LogP contribution in [0.5, 0.6) is 5.75 Å². The van der Waals surface area contributed by atoms with Crippen molar-refractivity contribution in [2.45, 2.75) is 6.92 Å². The Kier molecular flexibility index (Phi) is 4.98. The molecule has 1 aromatic rings. The largest absolute Gasteiger partial charge is 0.483 e. The molecule has 0 saturated heterocycles. The molecule has 1 amide bonds. The molecule has 0 unspecified atom stereocenters. The van der Waals surface area contributed by atoms with Crippen molar-refractivity contribution < 1.29 is 19.1 Å². The lowest BCUT2D eigenvalue weighted by Crippen LogP contribution is -2.25. The number of esters is 1. The molecule has 0 aliphatic heterocycles. The number of benzene rings is 1. The highest BCUT2D eigenvalue weighted by Crippen LogP contribution is 2.22. The summed E-state index contributed by atoms with van der Waals surface area (Å²) in [5, 5.41) is 2.41. The van der Waals surface area contributed by atoms with Crippen LogP contribution in [-0.2, 0) is 9.53 Å². The number of nitrogen functional groups attached to an aromatic ring is 1. The maximum absolute atomic E-state index is 11.6. The summed E-state index contributed by atoms with van der Waals surface area (Å²) in [5.41, 5.74) is 6.29. The Morgan fingerprint density at radius 1 is 1.39 bits per heavy atom. The number of nitrogens with one attached hydrogen (secondary N) is 1. The molecular formula is C12H16N2O4. The van der Waals surface area contributed by atoms with Crippen LogP contribution in [0.1, 0.15) is 17.3 Å². The minimum atomic E-state index is -0.510. The number of likely N-dealkylation sites (N-methyl/N-ethyl adjacent to an activating group) is 1. The fraction of sp³-hybridized carbons (Fsp3) is 0.333. The molecule has 0 aliphatic rings. The fourth-order valence-electron chi connectivity index (χ4n) is 1.25. The molecule has 0 spiro atoms. The van der Waals surface area contributed by atoms with Gasteiger partial charge in [-0.1, -0.05) is 0 Å². The van der Waals surface area contributed by atoms with Gasteiger partial charge in [0.05, 0.1) is 6.61 Å². The lowest BCUT2D eigenvalue weighted by atomic mass is 10.2. The van der Waals surface area contributed by atoms with E-state index in [9.17, 15) is 9.59 Å². The number of hydrogen-bond donors (Lipinski definition) is 2. The van der Waals surface area contributed by atoms with Crippen LogP contribution in [0.3, 0.4) is 0 Å². The van der Waals surface area contributed by atoms with Crippen molar-refractivity contribution >= 4 is 17.6 Å². The van der Waals surface area contributed by atoms with E-state index in [0.29, 0.717) is 5.69 Å². The van der Waals surface area contributed by atoms with E-state index < -0.39 is 5.97 Å². The first-order chi connectivity index (χ1) is 8.58. The first-order valence-electron chi connectivity index (χ1n) is 5.48. The van der Waals surface area contributed by atoms with Crippen molar-refractivity contribution in [3.8, 4) is 5.75 Å². The molecule has 0 bridgehead atoms. The highest BCUT2D eigenvalue weighted by atomic mass is 16.5. The van der Waals surface area contributed by atoms with E-state index in [2.05, 4.69) is 5.32 Å². The Balaban J connectivity index is 2.89. The van der Waals surface area contributed by atoms with Gasteiger partial charge in [0.15, 0.2) is 6.61 Å². The molecule has 0 atom stereocenters. The van der Waals surface area contributed by atoms with Crippen LogP contribution >= 0.6 is 0 Å². The summed E-state index contributed by atoms with van der Waals surface area (Å²) < 4.78 is 10.1. The number of amides is 1. The van der Waals surface area contributed by atoms with E-state index in [4.69, 9.17) is 15.2 Å². The van der Waals surface area contributed by atoms with Crippen LogP contribution in [0.25, 0.3) is 0 Å². The second kappa shape index (κ2) is 6.48. The maximum atomic E-state index is 11.6. The van der Waals surface area contributed by atoms with Gasteiger partial charge in [-0.25, -0.2) is 4.79 Å². The number of hydrogen-bond acceptors (Lipinski definition) is 5. The molecule has 0 aromatic heterocycles. The standard InChI is InChI=1S/C12H16N2O4/c1-3-17-12(16)9-5-4-8(13)6-10(9)18-7-11(15)14-2/h4-6H,3,7,13H2,1-2H3,(H,14,15). The molecule has 1 aromatic carbocycles. The normalized spacial score (nSPS) is 9.67. The van der Waals surface area contributed by atoms with E-state index in [1.165, 1.54) is 19.2 Å². The molecule has 0 aliphatic carbocycles. The molecule has 6 heteroatoms. The SMILES string of the molecule is CCOC(=O)c1ccc(N)cc1OCC(=O)NC. The van der Waals surface area contributed by atoms with Crippen molar-refractivity contribution in [2.24, 2.45) is 0 Å². The highest BCUT2D eigenvalue weighted by molar-refractivity contribution is 5.93. The van der Waals surface area contributed by atoms with Gasteiger partial charge < -0.3 is 20.5 Å². The monoisotopic (exact) mass is 252 g/mol. The third-order valence-corrected chi connectivity index (χ3v) is 2.14. The molecule has 3 N–H and O–H groups in total. The van der Waals surface area contributed by atoms with Crippen LogP contribution < -0.4 is 15.8 Å². The van der Waals surface area contributed by atoms with Crippen molar-refractivity contribution in [1.82, 2.24) is 5.32 Å². The first kappa shape index (κ1) is 13.8. The summed E-state index contributed by atoms with van der Waals surface area (Å²) in [7, 11) is 1.50. The Morgan fingerprint density at radius 2 is 2.11 bits per heavy atom. The van der Waals surface area contributed by atoms with Crippen LogP contribution in [-0.4, -0.2) is 32.1 Å². The Labute approximate surface area is 105 Å². The van der Waals surface area contributed by atoms with Crippen LogP contribution in [0, 0.1) is 0 Å². The summed E-state index contributed by atoms with van der Waals surface area (Å²) in [4.78, 5) is 22.7. The minimum Gasteiger partial charge on any atom is -0.483 e. The van der Waals surface area contributed by atoms with Crippen LogP contribution in [0.15, 0.2) is 18.2 Å². The fourth-order valence-corrected chi connectivity index (χ4v) is 1.25. The summed E-state index contributed by atoms with van der Waals surface area (Å²) in [6.07, 6.45) is 0.